The molecule has 0 saturated heterocycles. The Morgan fingerprint density at radius 2 is 1.62 bits per heavy atom. The number of benzene rings is 4. The van der Waals surface area contributed by atoms with Gasteiger partial charge in [-0.1, -0.05) is 86.1 Å². The van der Waals surface area contributed by atoms with Crippen LogP contribution in [0.4, 0.5) is 5.69 Å². The van der Waals surface area contributed by atoms with E-state index in [1.807, 2.05) is 87.5 Å². The van der Waals surface area contributed by atoms with Crippen LogP contribution in [-0.2, 0) is 10.2 Å². The first-order valence-corrected chi connectivity index (χ1v) is 15.7. The molecule has 0 heterocycles. The molecule has 0 spiro atoms. The molecule has 0 bridgehead atoms. The van der Waals surface area contributed by atoms with Gasteiger partial charge in [-0.3, -0.25) is 9.59 Å². The van der Waals surface area contributed by atoms with E-state index in [1.165, 1.54) is 5.57 Å². The van der Waals surface area contributed by atoms with Crippen LogP contribution in [0.5, 0.6) is 0 Å². The molecular weight excluding hydrogens is 587 g/mol. The third-order valence-electron chi connectivity index (χ3n) is 8.94. The van der Waals surface area contributed by atoms with E-state index < -0.39 is 5.41 Å². The van der Waals surface area contributed by atoms with Crippen LogP contribution in [-0.4, -0.2) is 18.4 Å². The minimum absolute atomic E-state index is 0. The molecule has 0 fully saturated rings. The largest absolute Gasteiger partial charge is 1.00 e. The van der Waals surface area contributed by atoms with Gasteiger partial charge in [0.2, 0.25) is 5.91 Å². The predicted octanol–water partition coefficient (Wildman–Crippen LogP) is 6.72. The van der Waals surface area contributed by atoms with Crippen molar-refractivity contribution < 1.29 is 40.6 Å². The van der Waals surface area contributed by atoms with Gasteiger partial charge in [-0.15, -0.1) is 0 Å². The standard InChI is InChI=1S/C39H41ClN2O2.Na.H/c1-6-41-36(43)29-10-14-31(15-11-29)39(5,32-9-7-8-30(25-32)27-20-22-38(3,4)23-21-27)37(44)42-34-17-12-28(13-18-34)35-19-16-33(40)24-26(35)2;;/h7-20,24-25H,6,21-23H2,1-5H3,(H,41,43)(H,42,44);;/q;+1;-1. The van der Waals surface area contributed by atoms with Crippen molar-refractivity contribution >= 4 is 34.7 Å². The first kappa shape index (κ1) is 34.7. The summed E-state index contributed by atoms with van der Waals surface area (Å²) in [5, 5.41) is 6.75. The maximum Gasteiger partial charge on any atom is 1.00 e. The summed E-state index contributed by atoms with van der Waals surface area (Å²) in [5.74, 6) is -0.273. The third kappa shape index (κ3) is 7.81. The molecule has 0 aliphatic heterocycles. The van der Waals surface area contributed by atoms with E-state index in [-0.39, 0.29) is 42.8 Å². The Labute approximate surface area is 296 Å². The average molecular weight is 629 g/mol. The fourth-order valence-electron chi connectivity index (χ4n) is 5.96. The van der Waals surface area contributed by atoms with Gasteiger partial charge in [-0.25, -0.2) is 0 Å². The molecule has 228 valence electrons. The van der Waals surface area contributed by atoms with E-state index in [0.29, 0.717) is 28.2 Å². The second-order valence-corrected chi connectivity index (χ2v) is 13.2. The maximum absolute atomic E-state index is 14.4. The number of aryl methyl sites for hydroxylation is 1. The molecule has 4 aromatic rings. The molecule has 4 aromatic carbocycles. The van der Waals surface area contributed by atoms with Crippen LogP contribution in [0, 0.1) is 12.3 Å². The normalized spacial score (nSPS) is 15.2. The van der Waals surface area contributed by atoms with Crippen molar-refractivity contribution in [1.29, 1.82) is 0 Å². The van der Waals surface area contributed by atoms with Crippen LogP contribution in [0.15, 0.2) is 97.1 Å². The number of allylic oxidation sites excluding steroid dienone is 2. The topological polar surface area (TPSA) is 58.2 Å². The first-order valence-electron chi connectivity index (χ1n) is 15.4. The summed E-state index contributed by atoms with van der Waals surface area (Å²) >= 11 is 6.16. The molecule has 5 rings (SSSR count). The van der Waals surface area contributed by atoms with Gasteiger partial charge in [0, 0.05) is 22.8 Å². The molecule has 1 aliphatic carbocycles. The van der Waals surface area contributed by atoms with Crippen molar-refractivity contribution in [3.63, 3.8) is 0 Å². The third-order valence-corrected chi connectivity index (χ3v) is 9.18. The van der Waals surface area contributed by atoms with Crippen molar-refractivity contribution in [1.82, 2.24) is 5.32 Å². The second kappa shape index (κ2) is 14.5. The molecule has 45 heavy (non-hydrogen) atoms. The van der Waals surface area contributed by atoms with Gasteiger partial charge in [0.15, 0.2) is 0 Å². The maximum atomic E-state index is 14.4. The van der Waals surface area contributed by atoms with Gasteiger partial charge in [0.25, 0.3) is 5.91 Å². The Kier molecular flexibility index (Phi) is 11.2. The van der Waals surface area contributed by atoms with E-state index in [1.54, 1.807) is 12.1 Å². The Morgan fingerprint density at radius 3 is 2.24 bits per heavy atom. The number of hydrogen-bond acceptors (Lipinski definition) is 2. The number of anilines is 1. The molecule has 0 saturated carbocycles. The smallest absolute Gasteiger partial charge is 1.00 e. The summed E-state index contributed by atoms with van der Waals surface area (Å²) in [6.45, 7) is 11.1. The second-order valence-electron chi connectivity index (χ2n) is 12.7. The number of hydrogen-bond donors (Lipinski definition) is 2. The summed E-state index contributed by atoms with van der Waals surface area (Å²) in [4.78, 5) is 26.8. The van der Waals surface area contributed by atoms with Crippen LogP contribution in [0.3, 0.4) is 0 Å². The Morgan fingerprint density at radius 1 is 0.911 bits per heavy atom. The number of rotatable bonds is 8. The fraction of sp³-hybridized carbons (Fsp3) is 0.282. The molecule has 1 unspecified atom stereocenters. The van der Waals surface area contributed by atoms with Gasteiger partial charge < -0.3 is 12.1 Å². The van der Waals surface area contributed by atoms with E-state index in [4.69, 9.17) is 11.6 Å². The molecule has 4 nitrogen and oxygen atoms in total. The predicted molar refractivity (Wildman–Crippen MR) is 184 cm³/mol. The molecule has 6 heteroatoms. The van der Waals surface area contributed by atoms with Crippen LogP contribution in [0.2, 0.25) is 5.02 Å². The molecular formula is C39H42ClN2NaO2. The first-order chi connectivity index (χ1) is 21.0. The zero-order chi connectivity index (χ0) is 31.5. The zero-order valence-electron chi connectivity index (χ0n) is 28.3. The van der Waals surface area contributed by atoms with Gasteiger partial charge in [0.05, 0.1) is 5.41 Å². The molecule has 1 atom stereocenters. The van der Waals surface area contributed by atoms with E-state index in [2.05, 4.69) is 42.7 Å². The average Bonchev–Trinajstić information content (AvgIpc) is 3.01. The Hall–Kier alpha value is -3.15. The molecule has 2 amide bonds. The summed E-state index contributed by atoms with van der Waals surface area (Å²) in [5.41, 5.74) is 8.00. The number of nitrogens with one attached hydrogen (secondary N) is 2. The molecule has 0 radical (unpaired) electrons. The molecule has 1 aliphatic rings. The van der Waals surface area contributed by atoms with Crippen molar-refractivity contribution in [2.75, 3.05) is 11.9 Å². The molecule has 2 N–H and O–H groups in total. The number of amides is 2. The zero-order valence-corrected chi connectivity index (χ0v) is 30.0. The fourth-order valence-corrected chi connectivity index (χ4v) is 6.18. The number of halogens is 1. The van der Waals surface area contributed by atoms with E-state index in [0.717, 1.165) is 52.6 Å². The number of carbonyl (C=O) groups excluding carboxylic acids is 2. The SMILES string of the molecule is CCNC(=O)c1ccc(C(C)(C(=O)Nc2ccc(-c3ccc(Cl)cc3C)cc2)c2cccc(C3=CCC(C)(C)CC3)c2)cc1.[H-].[Na+]. The summed E-state index contributed by atoms with van der Waals surface area (Å²) in [6, 6.07) is 29.5. The van der Waals surface area contributed by atoms with Crippen LogP contribution >= 0.6 is 11.6 Å². The van der Waals surface area contributed by atoms with E-state index in [9.17, 15) is 9.59 Å². The van der Waals surface area contributed by atoms with Gasteiger partial charge in [-0.05, 0) is 121 Å². The van der Waals surface area contributed by atoms with Gasteiger partial charge >= 0.3 is 29.6 Å². The minimum Gasteiger partial charge on any atom is -1.00 e. The summed E-state index contributed by atoms with van der Waals surface area (Å²) < 4.78 is 0. The Bertz CT molecular complexity index is 1720. The number of carbonyl (C=O) groups is 2. The van der Waals surface area contributed by atoms with Crippen LogP contribution in [0.25, 0.3) is 16.7 Å². The Balaban J connectivity index is 0.00000288. The van der Waals surface area contributed by atoms with Crippen molar-refractivity contribution in [3.05, 3.63) is 130 Å². The quantitative estimate of drug-likeness (QED) is 0.213. The van der Waals surface area contributed by atoms with Crippen molar-refractivity contribution in [3.8, 4) is 11.1 Å². The van der Waals surface area contributed by atoms with Gasteiger partial charge in [-0.2, -0.15) is 0 Å². The summed E-state index contributed by atoms with van der Waals surface area (Å²) in [7, 11) is 0. The van der Waals surface area contributed by atoms with Crippen LogP contribution < -0.4 is 40.2 Å². The van der Waals surface area contributed by atoms with Gasteiger partial charge in [0.1, 0.15) is 0 Å². The monoisotopic (exact) mass is 628 g/mol. The summed E-state index contributed by atoms with van der Waals surface area (Å²) in [6.07, 6.45) is 5.54. The van der Waals surface area contributed by atoms with Crippen molar-refractivity contribution in [2.45, 2.75) is 59.3 Å². The molecule has 0 aromatic heterocycles. The van der Waals surface area contributed by atoms with Crippen molar-refractivity contribution in [2.24, 2.45) is 5.41 Å². The van der Waals surface area contributed by atoms with E-state index >= 15 is 0 Å². The minimum atomic E-state index is -1.02. The van der Waals surface area contributed by atoms with Crippen LogP contribution in [0.1, 0.15) is 81.0 Å².